The van der Waals surface area contributed by atoms with Crippen molar-refractivity contribution in [2.75, 3.05) is 0 Å². The Morgan fingerprint density at radius 1 is 1.06 bits per heavy atom. The minimum Gasteiger partial charge on any atom is -0.458 e. The molecule has 3 aliphatic rings. The molecule has 1 unspecified atom stereocenters. The zero-order chi connectivity index (χ0) is 25.6. The van der Waals surface area contributed by atoms with Crippen LogP contribution in [0.25, 0.3) is 0 Å². The van der Waals surface area contributed by atoms with E-state index < -0.39 is 59.5 Å². The number of fused-ring (bicyclic) bond motifs is 2. The van der Waals surface area contributed by atoms with Crippen LogP contribution in [0.15, 0.2) is 48.1 Å². The molecule has 0 amide bonds. The number of carbonyl (C=O) groups excluding carboxylic acids is 4. The molecule has 0 aromatic heterocycles. The van der Waals surface area contributed by atoms with Crippen LogP contribution < -0.4 is 0 Å². The van der Waals surface area contributed by atoms with Crippen LogP contribution in [0.4, 0.5) is 0 Å². The maximum Gasteiger partial charge on any atom is 0.336 e. The molecule has 0 saturated carbocycles. The minimum absolute atomic E-state index is 0.0160. The highest BCUT2D eigenvalue weighted by Crippen LogP contribution is 2.51. The van der Waals surface area contributed by atoms with Gasteiger partial charge >= 0.3 is 23.9 Å². The highest BCUT2D eigenvalue weighted by Gasteiger charge is 2.61. The van der Waals surface area contributed by atoms with Crippen molar-refractivity contribution in [3.05, 3.63) is 48.1 Å². The Kier molecular flexibility index (Phi) is 6.63. The molecule has 184 valence electrons. The Morgan fingerprint density at radius 3 is 2.24 bits per heavy atom. The van der Waals surface area contributed by atoms with Gasteiger partial charge in [0.25, 0.3) is 5.79 Å². The highest BCUT2D eigenvalue weighted by molar-refractivity contribution is 5.92. The molecule has 9 nitrogen and oxygen atoms in total. The molecule has 6 atom stereocenters. The molecule has 34 heavy (non-hydrogen) atoms. The number of hydrogen-bond donors (Lipinski definition) is 0. The van der Waals surface area contributed by atoms with Gasteiger partial charge in [0.15, 0.2) is 0 Å². The van der Waals surface area contributed by atoms with Crippen molar-refractivity contribution in [2.45, 2.75) is 77.2 Å². The Balaban J connectivity index is 2.13. The summed E-state index contributed by atoms with van der Waals surface area (Å²) in [5, 5.41) is 0. The van der Waals surface area contributed by atoms with E-state index in [4.69, 9.17) is 23.7 Å². The smallest absolute Gasteiger partial charge is 0.336 e. The van der Waals surface area contributed by atoms with Crippen LogP contribution in [0, 0.1) is 5.92 Å². The molecule has 1 aliphatic carbocycles. The van der Waals surface area contributed by atoms with Gasteiger partial charge in [-0.2, -0.15) is 0 Å². The van der Waals surface area contributed by atoms with Gasteiger partial charge in [-0.15, -0.1) is 0 Å². The number of rotatable bonds is 5. The van der Waals surface area contributed by atoms with Crippen LogP contribution in [0.2, 0.25) is 0 Å². The quantitative estimate of drug-likeness (QED) is 0.148. The second-order valence-corrected chi connectivity index (χ2v) is 9.34. The van der Waals surface area contributed by atoms with Gasteiger partial charge in [0, 0.05) is 35.6 Å². The van der Waals surface area contributed by atoms with Crippen molar-refractivity contribution >= 4 is 23.9 Å². The minimum atomic E-state index is -1.81. The summed E-state index contributed by atoms with van der Waals surface area (Å²) in [6.07, 6.45) is -0.515. The van der Waals surface area contributed by atoms with Gasteiger partial charge < -0.3 is 23.7 Å². The molecular weight excluding hydrogens is 444 g/mol. The lowest BCUT2D eigenvalue weighted by molar-refractivity contribution is -0.215. The topological polar surface area (TPSA) is 118 Å². The molecule has 2 aliphatic heterocycles. The maximum absolute atomic E-state index is 12.5. The highest BCUT2D eigenvalue weighted by atomic mass is 16.7. The third kappa shape index (κ3) is 4.84. The first-order chi connectivity index (χ1) is 15.7. The fourth-order valence-electron chi connectivity index (χ4n) is 4.30. The van der Waals surface area contributed by atoms with Crippen molar-refractivity contribution in [1.82, 2.24) is 0 Å². The third-order valence-electron chi connectivity index (χ3n) is 6.29. The summed E-state index contributed by atoms with van der Waals surface area (Å²) < 4.78 is 28.4. The Hall–Kier alpha value is -3.20. The Bertz CT molecular complexity index is 1020. The van der Waals surface area contributed by atoms with Crippen LogP contribution >= 0.6 is 0 Å². The van der Waals surface area contributed by atoms with E-state index in [1.54, 1.807) is 13.8 Å². The molecule has 2 fully saturated rings. The average Bonchev–Trinajstić information content (AvgIpc) is 3.23. The van der Waals surface area contributed by atoms with Gasteiger partial charge in [-0.05, 0) is 33.8 Å². The number of carbonyl (C=O) groups is 4. The second kappa shape index (κ2) is 8.87. The molecule has 2 saturated heterocycles. The van der Waals surface area contributed by atoms with Crippen LogP contribution in [0.3, 0.4) is 0 Å². The maximum atomic E-state index is 12.5. The lowest BCUT2D eigenvalue weighted by atomic mass is 9.81. The van der Waals surface area contributed by atoms with Crippen molar-refractivity contribution in [3.63, 3.8) is 0 Å². The van der Waals surface area contributed by atoms with E-state index >= 15 is 0 Å². The third-order valence-corrected chi connectivity index (χ3v) is 6.29. The lowest BCUT2D eigenvalue weighted by Crippen LogP contribution is -2.45. The Labute approximate surface area is 198 Å². The van der Waals surface area contributed by atoms with E-state index in [-0.39, 0.29) is 29.6 Å². The normalized spacial score (nSPS) is 36.0. The van der Waals surface area contributed by atoms with Gasteiger partial charge in [-0.25, -0.2) is 14.4 Å². The zero-order valence-corrected chi connectivity index (χ0v) is 20.1. The second-order valence-electron chi connectivity index (χ2n) is 9.34. The molecule has 0 bridgehead atoms. The standard InChI is InChI=1S/C25H30O9/c1-12(2)21(27)31-18-10-24(8)19(33-24)11-25(32-16(7)26,34-22(28)13(3)4)14(5)9-17-20(18)15(6)23(29)30-17/h9,17-20H,1,3,6,10-11H2,2,4-5,7-8H3/b14-9-/t17-,18?,19-,20+,24-,25+/m0/s1. The molecule has 0 radical (unpaired) electrons. The van der Waals surface area contributed by atoms with Gasteiger partial charge in [-0.1, -0.05) is 19.7 Å². The number of hydrogen-bond acceptors (Lipinski definition) is 9. The van der Waals surface area contributed by atoms with Crippen molar-refractivity contribution in [3.8, 4) is 0 Å². The first-order valence-electron chi connectivity index (χ1n) is 10.9. The number of esters is 4. The van der Waals surface area contributed by atoms with Gasteiger partial charge in [0.2, 0.25) is 0 Å². The molecule has 0 N–H and O–H groups in total. The zero-order valence-electron chi connectivity index (χ0n) is 20.1. The van der Waals surface area contributed by atoms with E-state index in [9.17, 15) is 19.2 Å². The summed E-state index contributed by atoms with van der Waals surface area (Å²) in [5.41, 5.74) is -0.0716. The van der Waals surface area contributed by atoms with Crippen molar-refractivity contribution < 1.29 is 42.9 Å². The fourth-order valence-corrected chi connectivity index (χ4v) is 4.30. The summed E-state index contributed by atoms with van der Waals surface area (Å²) in [4.78, 5) is 49.4. The Morgan fingerprint density at radius 2 is 1.68 bits per heavy atom. The van der Waals surface area contributed by atoms with Crippen LogP contribution in [0.5, 0.6) is 0 Å². The monoisotopic (exact) mass is 474 g/mol. The summed E-state index contributed by atoms with van der Waals surface area (Å²) in [5.74, 6) is -5.25. The molecular formula is C25H30O9. The molecule has 0 aromatic rings. The van der Waals surface area contributed by atoms with E-state index in [1.165, 1.54) is 26.8 Å². The first-order valence-corrected chi connectivity index (χ1v) is 10.9. The molecule has 0 spiro atoms. The summed E-state index contributed by atoms with van der Waals surface area (Å²) >= 11 is 0. The van der Waals surface area contributed by atoms with Crippen LogP contribution in [-0.2, 0) is 42.9 Å². The summed E-state index contributed by atoms with van der Waals surface area (Å²) in [6.45, 7) is 18.7. The van der Waals surface area contributed by atoms with E-state index in [0.29, 0.717) is 5.57 Å². The van der Waals surface area contributed by atoms with E-state index in [1.807, 2.05) is 0 Å². The van der Waals surface area contributed by atoms with Crippen molar-refractivity contribution in [2.24, 2.45) is 5.92 Å². The molecule has 9 heteroatoms. The predicted octanol–water partition coefficient (Wildman–Crippen LogP) is 2.85. The van der Waals surface area contributed by atoms with Crippen LogP contribution in [0.1, 0.15) is 47.5 Å². The van der Waals surface area contributed by atoms with E-state index in [2.05, 4.69) is 19.7 Å². The van der Waals surface area contributed by atoms with Gasteiger partial charge in [0.1, 0.15) is 12.2 Å². The van der Waals surface area contributed by atoms with Crippen LogP contribution in [-0.4, -0.2) is 53.6 Å². The lowest BCUT2D eigenvalue weighted by Gasteiger charge is -2.35. The number of epoxide rings is 1. The van der Waals surface area contributed by atoms with Gasteiger partial charge in [-0.3, -0.25) is 4.79 Å². The largest absolute Gasteiger partial charge is 0.458 e. The predicted molar refractivity (Wildman–Crippen MR) is 119 cm³/mol. The van der Waals surface area contributed by atoms with E-state index in [0.717, 1.165) is 0 Å². The molecule has 2 heterocycles. The van der Waals surface area contributed by atoms with Crippen molar-refractivity contribution in [1.29, 1.82) is 0 Å². The molecule has 0 aromatic carbocycles. The first kappa shape index (κ1) is 25.4. The molecule has 3 rings (SSSR count). The average molecular weight is 475 g/mol. The SMILES string of the molecule is C=C(C)C(=O)OC1C[C@]2(C)O[C@H]2C[C@@](OC(C)=O)(OC(=O)C(=C)C)/C(C)=C\[C@@H]2OC(=O)C(=C)[C@@H]12. The number of ether oxygens (including phenoxy) is 5. The summed E-state index contributed by atoms with van der Waals surface area (Å²) in [6, 6.07) is 0. The fraction of sp³-hybridized carbons (Fsp3) is 0.520. The summed E-state index contributed by atoms with van der Waals surface area (Å²) in [7, 11) is 0. The van der Waals surface area contributed by atoms with Gasteiger partial charge in [0.05, 0.1) is 24.0 Å².